The van der Waals surface area contributed by atoms with E-state index in [9.17, 15) is 14.4 Å². The zero-order valence-electron chi connectivity index (χ0n) is 12.3. The van der Waals surface area contributed by atoms with E-state index in [1.54, 1.807) is 0 Å². The van der Waals surface area contributed by atoms with E-state index in [4.69, 9.17) is 14.6 Å². The maximum Gasteiger partial charge on any atom is 0.326 e. The largest absolute Gasteiger partial charge is 0.480 e. The fourth-order valence-electron chi connectivity index (χ4n) is 1.86. The fraction of sp³-hybridized carbons (Fsp3) is 0.769. The van der Waals surface area contributed by atoms with Crippen LogP contribution >= 0.6 is 0 Å². The van der Waals surface area contributed by atoms with Gasteiger partial charge in [-0.25, -0.2) is 4.79 Å². The van der Waals surface area contributed by atoms with Gasteiger partial charge >= 0.3 is 5.97 Å². The number of hydrogen-bond acceptors (Lipinski definition) is 5. The van der Waals surface area contributed by atoms with Gasteiger partial charge in [0.05, 0.1) is 26.4 Å². The second-order valence-electron chi connectivity index (χ2n) is 5.24. The molecule has 0 aromatic heterocycles. The van der Waals surface area contributed by atoms with Crippen molar-refractivity contribution in [2.75, 3.05) is 26.4 Å². The van der Waals surface area contributed by atoms with Gasteiger partial charge in [-0.15, -0.1) is 0 Å². The van der Waals surface area contributed by atoms with Crippen LogP contribution in [-0.2, 0) is 23.9 Å². The zero-order valence-corrected chi connectivity index (χ0v) is 12.3. The van der Waals surface area contributed by atoms with Crippen LogP contribution in [0.2, 0.25) is 0 Å². The summed E-state index contributed by atoms with van der Waals surface area (Å²) in [5.41, 5.74) is 0. The molecule has 2 atom stereocenters. The van der Waals surface area contributed by atoms with Crippen LogP contribution in [0.3, 0.4) is 0 Å². The molecule has 0 aromatic carbocycles. The predicted octanol–water partition coefficient (Wildman–Crippen LogP) is -0.866. The van der Waals surface area contributed by atoms with E-state index in [0.717, 1.165) is 0 Å². The first-order valence-corrected chi connectivity index (χ1v) is 6.89. The smallest absolute Gasteiger partial charge is 0.326 e. The Morgan fingerprint density at radius 3 is 2.52 bits per heavy atom. The molecule has 0 aromatic rings. The molecule has 0 radical (unpaired) electrons. The first-order valence-electron chi connectivity index (χ1n) is 6.89. The van der Waals surface area contributed by atoms with Gasteiger partial charge in [-0.3, -0.25) is 9.59 Å². The Bertz CT molecular complexity index is 379. The molecule has 1 fully saturated rings. The highest BCUT2D eigenvalue weighted by molar-refractivity contribution is 5.89. The van der Waals surface area contributed by atoms with Crippen molar-refractivity contribution in [2.24, 2.45) is 5.92 Å². The fourth-order valence-corrected chi connectivity index (χ4v) is 1.86. The van der Waals surface area contributed by atoms with Gasteiger partial charge in [-0.1, -0.05) is 13.8 Å². The molecule has 0 bridgehead atoms. The van der Waals surface area contributed by atoms with E-state index in [2.05, 4.69) is 10.6 Å². The third kappa shape index (κ3) is 6.54. The molecule has 120 valence electrons. The summed E-state index contributed by atoms with van der Waals surface area (Å²) in [5, 5.41) is 13.8. The average Bonchev–Trinajstić information content (AvgIpc) is 2.44. The van der Waals surface area contributed by atoms with Crippen molar-refractivity contribution in [3.8, 4) is 0 Å². The van der Waals surface area contributed by atoms with Gasteiger partial charge in [0.2, 0.25) is 5.91 Å². The van der Waals surface area contributed by atoms with Crippen LogP contribution in [0, 0.1) is 5.92 Å². The Morgan fingerprint density at radius 1 is 1.29 bits per heavy atom. The summed E-state index contributed by atoms with van der Waals surface area (Å²) in [7, 11) is 0. The number of carboxylic acid groups (broad SMARTS) is 1. The SMILES string of the molecule is CC(C)C[C@H](NC(=O)CNC(=O)C1COCCO1)C(=O)O. The summed E-state index contributed by atoms with van der Waals surface area (Å²) in [6.45, 7) is 4.37. The van der Waals surface area contributed by atoms with Gasteiger partial charge in [-0.05, 0) is 12.3 Å². The Labute approximate surface area is 123 Å². The molecule has 1 saturated heterocycles. The maximum absolute atomic E-state index is 11.7. The lowest BCUT2D eigenvalue weighted by Crippen LogP contribution is -2.49. The number of carbonyl (C=O) groups is 3. The number of ether oxygens (including phenoxy) is 2. The molecule has 21 heavy (non-hydrogen) atoms. The van der Waals surface area contributed by atoms with Crippen LogP contribution in [-0.4, -0.2) is 61.4 Å². The van der Waals surface area contributed by atoms with Crippen LogP contribution in [0.25, 0.3) is 0 Å². The standard InChI is InChI=1S/C13H22N2O6/c1-8(2)5-9(13(18)19)15-11(16)6-14-12(17)10-7-20-3-4-21-10/h8-10H,3-7H2,1-2H3,(H,14,17)(H,15,16)(H,18,19)/t9-,10?/m0/s1. The molecule has 1 heterocycles. The van der Waals surface area contributed by atoms with Crippen molar-refractivity contribution in [1.82, 2.24) is 10.6 Å². The zero-order chi connectivity index (χ0) is 15.8. The van der Waals surface area contributed by atoms with Crippen LogP contribution < -0.4 is 10.6 Å². The third-order valence-corrected chi connectivity index (χ3v) is 2.87. The third-order valence-electron chi connectivity index (χ3n) is 2.87. The molecule has 3 N–H and O–H groups in total. The highest BCUT2D eigenvalue weighted by Gasteiger charge is 2.24. The van der Waals surface area contributed by atoms with E-state index in [1.807, 2.05) is 13.8 Å². The van der Waals surface area contributed by atoms with Gasteiger partial charge in [0, 0.05) is 0 Å². The average molecular weight is 302 g/mol. The normalized spacial score (nSPS) is 19.9. The number of amides is 2. The summed E-state index contributed by atoms with van der Waals surface area (Å²) in [5.74, 6) is -1.95. The summed E-state index contributed by atoms with van der Waals surface area (Å²) in [6.07, 6.45) is -0.397. The van der Waals surface area contributed by atoms with E-state index >= 15 is 0 Å². The summed E-state index contributed by atoms with van der Waals surface area (Å²) in [4.78, 5) is 34.4. The second kappa shape index (κ2) is 8.58. The molecule has 1 aliphatic heterocycles. The lowest BCUT2D eigenvalue weighted by molar-refractivity contribution is -0.148. The van der Waals surface area contributed by atoms with Gasteiger partial charge in [0.25, 0.3) is 5.91 Å². The highest BCUT2D eigenvalue weighted by atomic mass is 16.6. The van der Waals surface area contributed by atoms with Gasteiger partial charge in [0.1, 0.15) is 6.04 Å². The minimum Gasteiger partial charge on any atom is -0.480 e. The summed E-state index contributed by atoms with van der Waals surface area (Å²) in [6, 6.07) is -0.955. The monoisotopic (exact) mass is 302 g/mol. The first kappa shape index (κ1) is 17.4. The molecule has 8 nitrogen and oxygen atoms in total. The molecule has 0 spiro atoms. The number of hydrogen-bond donors (Lipinski definition) is 3. The molecular weight excluding hydrogens is 280 g/mol. The molecule has 1 rings (SSSR count). The van der Waals surface area contributed by atoms with Crippen LogP contribution in [0.4, 0.5) is 0 Å². The topological polar surface area (TPSA) is 114 Å². The molecule has 0 aliphatic carbocycles. The minimum absolute atomic E-state index is 0.133. The van der Waals surface area contributed by atoms with Gasteiger partial charge in [0.15, 0.2) is 6.10 Å². The lowest BCUT2D eigenvalue weighted by Gasteiger charge is -2.22. The van der Waals surface area contributed by atoms with Crippen molar-refractivity contribution >= 4 is 17.8 Å². The van der Waals surface area contributed by atoms with Gasteiger partial charge in [-0.2, -0.15) is 0 Å². The van der Waals surface area contributed by atoms with Gasteiger partial charge < -0.3 is 25.2 Å². The predicted molar refractivity (Wildman–Crippen MR) is 72.6 cm³/mol. The number of carbonyl (C=O) groups excluding carboxylic acids is 2. The molecular formula is C13H22N2O6. The Hall–Kier alpha value is -1.67. The second-order valence-corrected chi connectivity index (χ2v) is 5.24. The van der Waals surface area contributed by atoms with E-state index in [-0.39, 0.29) is 19.1 Å². The Morgan fingerprint density at radius 2 is 2.00 bits per heavy atom. The van der Waals surface area contributed by atoms with Crippen molar-refractivity contribution in [1.29, 1.82) is 0 Å². The maximum atomic E-state index is 11.7. The summed E-state index contributed by atoms with van der Waals surface area (Å²) >= 11 is 0. The van der Waals surface area contributed by atoms with Crippen LogP contribution in [0.1, 0.15) is 20.3 Å². The van der Waals surface area contributed by atoms with Crippen molar-refractivity contribution in [3.63, 3.8) is 0 Å². The molecule has 8 heteroatoms. The molecule has 1 aliphatic rings. The van der Waals surface area contributed by atoms with E-state index < -0.39 is 29.9 Å². The quantitative estimate of drug-likeness (QED) is 0.563. The first-order chi connectivity index (χ1) is 9.90. The van der Waals surface area contributed by atoms with Crippen molar-refractivity contribution in [2.45, 2.75) is 32.4 Å². The van der Waals surface area contributed by atoms with E-state index in [0.29, 0.717) is 19.6 Å². The Kier molecular flexibility index (Phi) is 7.10. The highest BCUT2D eigenvalue weighted by Crippen LogP contribution is 2.05. The lowest BCUT2D eigenvalue weighted by atomic mass is 10.0. The Balaban J connectivity index is 2.34. The molecule has 1 unspecified atom stereocenters. The molecule has 2 amide bonds. The van der Waals surface area contributed by atoms with Crippen LogP contribution in [0.5, 0.6) is 0 Å². The number of aliphatic carboxylic acids is 1. The molecule has 0 saturated carbocycles. The minimum atomic E-state index is -1.09. The van der Waals surface area contributed by atoms with E-state index in [1.165, 1.54) is 0 Å². The summed E-state index contributed by atoms with van der Waals surface area (Å²) < 4.78 is 10.3. The number of rotatable bonds is 7. The van der Waals surface area contributed by atoms with Crippen molar-refractivity contribution in [3.05, 3.63) is 0 Å². The van der Waals surface area contributed by atoms with Crippen LogP contribution in [0.15, 0.2) is 0 Å². The van der Waals surface area contributed by atoms with Crippen molar-refractivity contribution < 1.29 is 29.0 Å². The number of nitrogens with one attached hydrogen (secondary N) is 2. The number of carboxylic acids is 1.